The largest absolute Gasteiger partial charge is 0.365 e. The summed E-state index contributed by atoms with van der Waals surface area (Å²) in [6, 6.07) is 10.1. The van der Waals surface area contributed by atoms with Gasteiger partial charge in [-0.05, 0) is 36.8 Å². The number of imidazole rings is 1. The first-order valence-corrected chi connectivity index (χ1v) is 8.01. The van der Waals surface area contributed by atoms with E-state index in [-0.39, 0.29) is 23.9 Å². The number of H-pyrrole nitrogens is 1. The summed E-state index contributed by atoms with van der Waals surface area (Å²) in [5.41, 5.74) is 3.13. The highest BCUT2D eigenvalue weighted by Gasteiger charge is 2.10. The Kier molecular flexibility index (Phi) is 4.90. The van der Waals surface area contributed by atoms with Gasteiger partial charge in [0.05, 0.1) is 16.6 Å². The van der Waals surface area contributed by atoms with E-state index in [9.17, 15) is 9.18 Å². The molecule has 0 radical (unpaired) electrons. The SMILES string of the molecule is CCn1c(=O)[nH]c2cc3c(NCc4ccc(F)cc4)ncnc3cc21.Cl. The van der Waals surface area contributed by atoms with Gasteiger partial charge in [0.25, 0.3) is 0 Å². The smallest absolute Gasteiger partial charge is 0.326 e. The predicted octanol–water partition coefficient (Wildman–Crippen LogP) is 3.47. The molecule has 4 aromatic rings. The number of rotatable bonds is 4. The quantitative estimate of drug-likeness (QED) is 0.574. The van der Waals surface area contributed by atoms with Gasteiger partial charge in [-0.3, -0.25) is 4.57 Å². The van der Waals surface area contributed by atoms with Gasteiger partial charge in [-0.25, -0.2) is 19.2 Å². The van der Waals surface area contributed by atoms with Crippen LogP contribution in [0, 0.1) is 5.82 Å². The Morgan fingerprint density at radius 1 is 1.19 bits per heavy atom. The van der Waals surface area contributed by atoms with E-state index < -0.39 is 0 Å². The van der Waals surface area contributed by atoms with Crippen molar-refractivity contribution >= 4 is 40.2 Å². The highest BCUT2D eigenvalue weighted by atomic mass is 35.5. The first kappa shape index (κ1) is 17.9. The van der Waals surface area contributed by atoms with Crippen molar-refractivity contribution in [3.05, 3.63) is 64.6 Å². The number of fused-ring (bicyclic) bond motifs is 2. The Bertz CT molecular complexity index is 1120. The van der Waals surface area contributed by atoms with E-state index in [0.717, 1.165) is 27.5 Å². The number of anilines is 1. The third-order valence-electron chi connectivity index (χ3n) is 4.22. The molecule has 0 aliphatic heterocycles. The van der Waals surface area contributed by atoms with Crippen LogP contribution >= 0.6 is 12.4 Å². The maximum absolute atomic E-state index is 13.0. The van der Waals surface area contributed by atoms with Gasteiger partial charge in [0, 0.05) is 18.5 Å². The summed E-state index contributed by atoms with van der Waals surface area (Å²) >= 11 is 0. The van der Waals surface area contributed by atoms with Gasteiger partial charge in [0.15, 0.2) is 0 Å². The van der Waals surface area contributed by atoms with Gasteiger partial charge in [0.2, 0.25) is 0 Å². The zero-order valence-electron chi connectivity index (χ0n) is 14.0. The van der Waals surface area contributed by atoms with Crippen LogP contribution in [-0.2, 0) is 13.1 Å². The lowest BCUT2D eigenvalue weighted by molar-refractivity contribution is 0.627. The minimum absolute atomic E-state index is 0. The van der Waals surface area contributed by atoms with E-state index in [4.69, 9.17) is 0 Å². The van der Waals surface area contributed by atoms with Crippen LogP contribution in [0.25, 0.3) is 21.9 Å². The number of halogens is 2. The summed E-state index contributed by atoms with van der Waals surface area (Å²) in [5, 5.41) is 4.07. The summed E-state index contributed by atoms with van der Waals surface area (Å²) in [6.45, 7) is 3.02. The molecule has 0 amide bonds. The molecule has 8 heteroatoms. The summed E-state index contributed by atoms with van der Waals surface area (Å²) in [7, 11) is 0. The van der Waals surface area contributed by atoms with Crippen molar-refractivity contribution in [3.8, 4) is 0 Å². The second-order valence-electron chi connectivity index (χ2n) is 5.76. The van der Waals surface area contributed by atoms with Crippen molar-refractivity contribution in [3.63, 3.8) is 0 Å². The normalized spacial score (nSPS) is 10.8. The van der Waals surface area contributed by atoms with Gasteiger partial charge in [-0.15, -0.1) is 12.4 Å². The monoisotopic (exact) mass is 373 g/mol. The van der Waals surface area contributed by atoms with Crippen LogP contribution in [0.4, 0.5) is 10.2 Å². The first-order valence-electron chi connectivity index (χ1n) is 8.01. The van der Waals surface area contributed by atoms with Gasteiger partial charge >= 0.3 is 5.69 Å². The number of aromatic nitrogens is 4. The van der Waals surface area contributed by atoms with E-state index in [1.807, 2.05) is 19.1 Å². The van der Waals surface area contributed by atoms with Gasteiger partial charge < -0.3 is 10.3 Å². The van der Waals surface area contributed by atoms with E-state index in [2.05, 4.69) is 20.3 Å². The molecule has 2 heterocycles. The van der Waals surface area contributed by atoms with Crippen LogP contribution in [0.1, 0.15) is 12.5 Å². The van der Waals surface area contributed by atoms with Crippen molar-refractivity contribution in [2.45, 2.75) is 20.0 Å². The molecule has 0 aliphatic rings. The molecule has 0 bridgehead atoms. The van der Waals surface area contributed by atoms with Crippen molar-refractivity contribution in [1.29, 1.82) is 0 Å². The fourth-order valence-electron chi connectivity index (χ4n) is 2.95. The molecule has 0 unspecified atom stereocenters. The maximum Gasteiger partial charge on any atom is 0.326 e. The predicted molar refractivity (Wildman–Crippen MR) is 102 cm³/mol. The molecule has 0 fully saturated rings. The molecule has 0 aliphatic carbocycles. The van der Waals surface area contributed by atoms with E-state index in [0.29, 0.717) is 18.9 Å². The average molecular weight is 374 g/mol. The number of aromatic amines is 1. The number of aryl methyl sites for hydroxylation is 1. The van der Waals surface area contributed by atoms with Crippen LogP contribution in [-0.4, -0.2) is 19.5 Å². The van der Waals surface area contributed by atoms with Gasteiger partial charge in [-0.1, -0.05) is 12.1 Å². The van der Waals surface area contributed by atoms with E-state index >= 15 is 0 Å². The summed E-state index contributed by atoms with van der Waals surface area (Å²) in [4.78, 5) is 23.5. The minimum Gasteiger partial charge on any atom is -0.365 e. The standard InChI is InChI=1S/C18H16FN5O.ClH/c1-2-24-16-8-14-13(7-15(16)23-18(24)25)17(22-10-21-14)20-9-11-3-5-12(19)6-4-11;/h3-8,10H,2,9H2,1H3,(H,23,25)(H,20,21,22);1H. The number of hydrogen-bond donors (Lipinski definition) is 2. The first-order chi connectivity index (χ1) is 12.2. The van der Waals surface area contributed by atoms with Crippen LogP contribution < -0.4 is 11.0 Å². The molecule has 4 rings (SSSR count). The Hall–Kier alpha value is -2.93. The van der Waals surface area contributed by atoms with Crippen molar-refractivity contribution in [2.75, 3.05) is 5.32 Å². The summed E-state index contributed by atoms with van der Waals surface area (Å²) < 4.78 is 14.7. The third-order valence-corrected chi connectivity index (χ3v) is 4.22. The molecule has 6 nitrogen and oxygen atoms in total. The molecule has 134 valence electrons. The molecule has 2 aromatic carbocycles. The number of nitrogens with one attached hydrogen (secondary N) is 2. The van der Waals surface area contributed by atoms with Crippen LogP contribution in [0.2, 0.25) is 0 Å². The number of hydrogen-bond acceptors (Lipinski definition) is 4. The highest BCUT2D eigenvalue weighted by Crippen LogP contribution is 2.24. The molecular weight excluding hydrogens is 357 g/mol. The molecule has 0 atom stereocenters. The summed E-state index contributed by atoms with van der Waals surface area (Å²) in [6.07, 6.45) is 1.49. The lowest BCUT2D eigenvalue weighted by Gasteiger charge is -2.09. The van der Waals surface area contributed by atoms with Gasteiger partial charge in [0.1, 0.15) is 18.0 Å². The van der Waals surface area contributed by atoms with Gasteiger partial charge in [-0.2, -0.15) is 0 Å². The highest BCUT2D eigenvalue weighted by molar-refractivity contribution is 5.98. The Balaban J connectivity index is 0.00000196. The molecule has 2 N–H and O–H groups in total. The molecule has 0 spiro atoms. The van der Waals surface area contributed by atoms with Crippen molar-refractivity contribution < 1.29 is 4.39 Å². The second kappa shape index (κ2) is 7.13. The van der Waals surface area contributed by atoms with E-state index in [1.54, 1.807) is 16.7 Å². The average Bonchev–Trinajstić information content (AvgIpc) is 2.93. The van der Waals surface area contributed by atoms with Crippen molar-refractivity contribution in [1.82, 2.24) is 19.5 Å². The molecule has 0 saturated heterocycles. The Morgan fingerprint density at radius 3 is 2.69 bits per heavy atom. The topological polar surface area (TPSA) is 75.6 Å². The molecule has 26 heavy (non-hydrogen) atoms. The Morgan fingerprint density at radius 2 is 1.96 bits per heavy atom. The maximum atomic E-state index is 13.0. The third kappa shape index (κ3) is 3.13. The summed E-state index contributed by atoms with van der Waals surface area (Å²) in [5.74, 6) is 0.407. The van der Waals surface area contributed by atoms with Crippen LogP contribution in [0.3, 0.4) is 0 Å². The Labute approximate surface area is 154 Å². The minimum atomic E-state index is -0.261. The zero-order chi connectivity index (χ0) is 17.4. The van der Waals surface area contributed by atoms with Crippen LogP contribution in [0.5, 0.6) is 0 Å². The number of nitrogens with zero attached hydrogens (tertiary/aromatic N) is 3. The zero-order valence-corrected chi connectivity index (χ0v) is 14.8. The second-order valence-corrected chi connectivity index (χ2v) is 5.76. The van der Waals surface area contributed by atoms with Crippen LogP contribution in [0.15, 0.2) is 47.5 Å². The molecule has 0 saturated carbocycles. The lowest BCUT2D eigenvalue weighted by atomic mass is 10.2. The fraction of sp³-hybridized carbons (Fsp3) is 0.167. The fourth-order valence-corrected chi connectivity index (χ4v) is 2.95. The van der Waals surface area contributed by atoms with E-state index in [1.165, 1.54) is 18.5 Å². The number of benzene rings is 2. The molecule has 2 aromatic heterocycles. The molecular formula is C18H17ClFN5O. The van der Waals surface area contributed by atoms with Crippen molar-refractivity contribution in [2.24, 2.45) is 0 Å². The lowest BCUT2D eigenvalue weighted by Crippen LogP contribution is -2.14.